The van der Waals surface area contributed by atoms with Gasteiger partial charge < -0.3 is 0 Å². The summed E-state index contributed by atoms with van der Waals surface area (Å²) in [6.07, 6.45) is 5.66. The van der Waals surface area contributed by atoms with Crippen LogP contribution < -0.4 is 0 Å². The number of imidazole rings is 1. The molecule has 0 aliphatic heterocycles. The van der Waals surface area contributed by atoms with E-state index in [-0.39, 0.29) is 0 Å². The standard InChI is InChI=1S/C30H19N5/c1-2-12-26-23(11-1)29-30(35-17-4-3-15-27(35)34-29)28(33-26)21-9-5-8-20(18-21)24-13-6-14-25(32-24)22-10-7-16-31-19-22/h1-19H. The molecule has 0 aliphatic rings. The Hall–Kier alpha value is -4.90. The highest BCUT2D eigenvalue weighted by Crippen LogP contribution is 2.34. The molecule has 0 bridgehead atoms. The maximum absolute atomic E-state index is 5.11. The van der Waals surface area contributed by atoms with Gasteiger partial charge in [-0.05, 0) is 48.5 Å². The van der Waals surface area contributed by atoms with Crippen molar-refractivity contribution in [2.75, 3.05) is 0 Å². The van der Waals surface area contributed by atoms with Gasteiger partial charge in [-0.3, -0.25) is 9.38 Å². The Morgan fingerprint density at radius 3 is 2.31 bits per heavy atom. The molecule has 7 rings (SSSR count). The zero-order valence-electron chi connectivity index (χ0n) is 18.7. The maximum Gasteiger partial charge on any atom is 0.137 e. The summed E-state index contributed by atoms with van der Waals surface area (Å²) in [4.78, 5) is 19.2. The second-order valence-electron chi connectivity index (χ2n) is 8.45. The molecule has 2 aromatic carbocycles. The average molecular weight is 450 g/mol. The van der Waals surface area contributed by atoms with Gasteiger partial charge in [-0.2, -0.15) is 0 Å². The first-order valence-corrected chi connectivity index (χ1v) is 11.5. The molecule has 7 aromatic rings. The molecule has 0 saturated carbocycles. The van der Waals surface area contributed by atoms with E-state index in [1.807, 2.05) is 79.1 Å². The molecule has 0 saturated heterocycles. The largest absolute Gasteiger partial charge is 0.298 e. The van der Waals surface area contributed by atoms with Gasteiger partial charge in [0.2, 0.25) is 0 Å². The number of hydrogen-bond acceptors (Lipinski definition) is 4. The number of hydrogen-bond donors (Lipinski definition) is 0. The Morgan fingerprint density at radius 1 is 0.600 bits per heavy atom. The highest BCUT2D eigenvalue weighted by atomic mass is 15.0. The van der Waals surface area contributed by atoms with E-state index in [0.29, 0.717) is 0 Å². The van der Waals surface area contributed by atoms with Crippen molar-refractivity contribution in [1.82, 2.24) is 24.3 Å². The molecule has 5 heterocycles. The summed E-state index contributed by atoms with van der Waals surface area (Å²) >= 11 is 0. The van der Waals surface area contributed by atoms with E-state index in [1.54, 1.807) is 6.20 Å². The molecule has 0 amide bonds. The van der Waals surface area contributed by atoms with Crippen LogP contribution in [0, 0.1) is 0 Å². The van der Waals surface area contributed by atoms with Crippen molar-refractivity contribution in [3.05, 3.63) is 116 Å². The molecule has 5 aromatic heterocycles. The summed E-state index contributed by atoms with van der Waals surface area (Å²) in [7, 11) is 0. The van der Waals surface area contributed by atoms with Gasteiger partial charge in [0.15, 0.2) is 0 Å². The van der Waals surface area contributed by atoms with Crippen molar-refractivity contribution in [2.24, 2.45) is 0 Å². The summed E-state index contributed by atoms with van der Waals surface area (Å²) in [6, 6.07) is 32.7. The van der Waals surface area contributed by atoms with Crippen molar-refractivity contribution < 1.29 is 0 Å². The maximum atomic E-state index is 5.11. The van der Waals surface area contributed by atoms with Gasteiger partial charge in [0, 0.05) is 40.7 Å². The van der Waals surface area contributed by atoms with E-state index in [9.17, 15) is 0 Å². The van der Waals surface area contributed by atoms with Gasteiger partial charge in [-0.1, -0.05) is 48.5 Å². The Kier molecular flexibility index (Phi) is 4.39. The van der Waals surface area contributed by atoms with Crippen LogP contribution in [0.2, 0.25) is 0 Å². The van der Waals surface area contributed by atoms with Crippen molar-refractivity contribution in [2.45, 2.75) is 0 Å². The third-order valence-electron chi connectivity index (χ3n) is 6.28. The van der Waals surface area contributed by atoms with Crippen LogP contribution in [-0.2, 0) is 0 Å². The van der Waals surface area contributed by atoms with Crippen LogP contribution in [0.5, 0.6) is 0 Å². The Bertz CT molecular complexity index is 1850. The summed E-state index contributed by atoms with van der Waals surface area (Å²) < 4.78 is 2.12. The minimum Gasteiger partial charge on any atom is -0.298 e. The molecular weight excluding hydrogens is 430 g/mol. The summed E-state index contributed by atoms with van der Waals surface area (Å²) in [5.74, 6) is 0. The van der Waals surface area contributed by atoms with E-state index in [0.717, 1.165) is 61.4 Å². The van der Waals surface area contributed by atoms with Gasteiger partial charge in [0.1, 0.15) is 11.2 Å². The average Bonchev–Trinajstić information content (AvgIpc) is 3.33. The molecule has 0 radical (unpaired) electrons. The molecule has 0 spiro atoms. The van der Waals surface area contributed by atoms with Crippen LogP contribution >= 0.6 is 0 Å². The Balaban J connectivity index is 1.45. The van der Waals surface area contributed by atoms with Crippen molar-refractivity contribution in [1.29, 1.82) is 0 Å². The molecule has 0 N–H and O–H groups in total. The van der Waals surface area contributed by atoms with Crippen LogP contribution in [0.3, 0.4) is 0 Å². The molecule has 164 valence electrons. The Labute approximate surface area is 201 Å². The van der Waals surface area contributed by atoms with Crippen LogP contribution in [-0.4, -0.2) is 24.3 Å². The van der Waals surface area contributed by atoms with E-state index >= 15 is 0 Å². The minimum atomic E-state index is 0.897. The molecule has 0 unspecified atom stereocenters. The quantitative estimate of drug-likeness (QED) is 0.297. The minimum absolute atomic E-state index is 0.897. The predicted octanol–water partition coefficient (Wildman–Crippen LogP) is 6.83. The van der Waals surface area contributed by atoms with Gasteiger partial charge in [0.25, 0.3) is 0 Å². The van der Waals surface area contributed by atoms with Crippen molar-refractivity contribution >= 4 is 27.6 Å². The number of rotatable bonds is 3. The van der Waals surface area contributed by atoms with Crippen LogP contribution in [0.1, 0.15) is 0 Å². The van der Waals surface area contributed by atoms with Gasteiger partial charge in [-0.15, -0.1) is 0 Å². The molecule has 5 nitrogen and oxygen atoms in total. The second-order valence-corrected chi connectivity index (χ2v) is 8.45. The van der Waals surface area contributed by atoms with Crippen LogP contribution in [0.15, 0.2) is 116 Å². The van der Waals surface area contributed by atoms with Crippen molar-refractivity contribution in [3.8, 4) is 33.8 Å². The van der Waals surface area contributed by atoms with Gasteiger partial charge in [-0.25, -0.2) is 15.0 Å². The van der Waals surface area contributed by atoms with Gasteiger partial charge >= 0.3 is 0 Å². The smallest absolute Gasteiger partial charge is 0.137 e. The lowest BCUT2D eigenvalue weighted by Gasteiger charge is -2.10. The lowest BCUT2D eigenvalue weighted by Crippen LogP contribution is -1.93. The fraction of sp³-hybridized carbons (Fsp3) is 0. The predicted molar refractivity (Wildman–Crippen MR) is 140 cm³/mol. The molecule has 5 heteroatoms. The third-order valence-corrected chi connectivity index (χ3v) is 6.28. The van der Waals surface area contributed by atoms with E-state index in [2.05, 4.69) is 39.7 Å². The molecule has 0 atom stereocenters. The zero-order valence-corrected chi connectivity index (χ0v) is 18.7. The summed E-state index contributed by atoms with van der Waals surface area (Å²) in [5, 5.41) is 1.05. The lowest BCUT2D eigenvalue weighted by atomic mass is 10.0. The van der Waals surface area contributed by atoms with Gasteiger partial charge in [0.05, 0.1) is 28.1 Å². The van der Waals surface area contributed by atoms with Crippen molar-refractivity contribution in [3.63, 3.8) is 0 Å². The molecule has 35 heavy (non-hydrogen) atoms. The second kappa shape index (κ2) is 7.85. The number of aromatic nitrogens is 5. The molecular formula is C30H19N5. The first-order chi connectivity index (χ1) is 17.3. The number of pyridine rings is 4. The molecule has 0 fully saturated rings. The third kappa shape index (κ3) is 3.25. The lowest BCUT2D eigenvalue weighted by molar-refractivity contribution is 1.22. The topological polar surface area (TPSA) is 56.0 Å². The summed E-state index contributed by atoms with van der Waals surface area (Å²) in [5.41, 5.74) is 9.56. The van der Waals surface area contributed by atoms with E-state index in [4.69, 9.17) is 15.0 Å². The number of nitrogens with zero attached hydrogens (tertiary/aromatic N) is 5. The first kappa shape index (κ1) is 19.6. The fourth-order valence-corrected chi connectivity index (χ4v) is 4.65. The highest BCUT2D eigenvalue weighted by Gasteiger charge is 2.16. The highest BCUT2D eigenvalue weighted by molar-refractivity contribution is 6.09. The first-order valence-electron chi connectivity index (χ1n) is 11.5. The zero-order chi connectivity index (χ0) is 23.2. The van der Waals surface area contributed by atoms with E-state index < -0.39 is 0 Å². The SMILES string of the molecule is c1cncc(-c2cccc(-c3cccc(-c4nc5ccccc5c5nc6ccccn6c45)c3)n2)c1. The molecule has 0 aliphatic carbocycles. The normalized spacial score (nSPS) is 11.4. The number of fused-ring (bicyclic) bond motifs is 5. The fourth-order valence-electron chi connectivity index (χ4n) is 4.65. The number of benzene rings is 2. The summed E-state index contributed by atoms with van der Waals surface area (Å²) in [6.45, 7) is 0. The van der Waals surface area contributed by atoms with Crippen LogP contribution in [0.4, 0.5) is 0 Å². The van der Waals surface area contributed by atoms with Crippen LogP contribution in [0.25, 0.3) is 61.4 Å². The number of para-hydroxylation sites is 1. The monoisotopic (exact) mass is 449 g/mol. The Morgan fingerprint density at radius 2 is 1.40 bits per heavy atom. The van der Waals surface area contributed by atoms with E-state index in [1.165, 1.54) is 0 Å².